The van der Waals surface area contributed by atoms with Gasteiger partial charge in [-0.2, -0.15) is 0 Å². The van der Waals surface area contributed by atoms with Gasteiger partial charge in [-0.05, 0) is 36.2 Å². The average Bonchev–Trinajstić information content (AvgIpc) is 2.89. The number of carbonyl (C=O) groups is 1. The van der Waals surface area contributed by atoms with Crippen LogP contribution in [0.15, 0.2) is 48.5 Å². The SMILES string of the molecule is COC(=O)Cc1c(C)[nH]c2ccc(OCc3ccccc3)cc12. The number of methoxy groups -OCH3 is 1. The van der Waals surface area contributed by atoms with E-state index < -0.39 is 0 Å². The Kier molecular flexibility index (Phi) is 4.33. The molecule has 2 aromatic carbocycles. The van der Waals surface area contributed by atoms with Crippen LogP contribution in [0, 0.1) is 6.92 Å². The van der Waals surface area contributed by atoms with Gasteiger partial charge in [-0.25, -0.2) is 0 Å². The molecule has 3 rings (SSSR count). The van der Waals surface area contributed by atoms with Gasteiger partial charge < -0.3 is 14.5 Å². The fraction of sp³-hybridized carbons (Fsp3) is 0.211. The summed E-state index contributed by atoms with van der Waals surface area (Å²) in [5.41, 5.74) is 4.05. The predicted molar refractivity (Wildman–Crippen MR) is 89.5 cm³/mol. The van der Waals surface area contributed by atoms with Gasteiger partial charge in [-0.3, -0.25) is 4.79 Å². The summed E-state index contributed by atoms with van der Waals surface area (Å²) in [6.45, 7) is 2.48. The number of carbonyl (C=O) groups excluding carboxylic acids is 1. The smallest absolute Gasteiger partial charge is 0.310 e. The molecule has 0 aliphatic heterocycles. The van der Waals surface area contributed by atoms with Gasteiger partial charge in [0.1, 0.15) is 12.4 Å². The van der Waals surface area contributed by atoms with Gasteiger partial charge in [0, 0.05) is 16.6 Å². The van der Waals surface area contributed by atoms with Crippen molar-refractivity contribution < 1.29 is 14.3 Å². The van der Waals surface area contributed by atoms with Crippen LogP contribution in [0.25, 0.3) is 10.9 Å². The number of hydrogen-bond donors (Lipinski definition) is 1. The molecule has 0 amide bonds. The lowest BCUT2D eigenvalue weighted by Gasteiger charge is -2.07. The summed E-state index contributed by atoms with van der Waals surface area (Å²) < 4.78 is 10.6. The molecule has 23 heavy (non-hydrogen) atoms. The minimum absolute atomic E-state index is 0.246. The Bertz CT molecular complexity index is 821. The molecule has 0 bridgehead atoms. The fourth-order valence-electron chi connectivity index (χ4n) is 2.64. The maximum absolute atomic E-state index is 11.6. The van der Waals surface area contributed by atoms with E-state index in [0.717, 1.165) is 33.5 Å². The molecular formula is C19H19NO3. The minimum Gasteiger partial charge on any atom is -0.489 e. The standard InChI is InChI=1S/C19H19NO3/c1-13-16(11-19(21)22-2)17-10-15(8-9-18(17)20-13)23-12-14-6-4-3-5-7-14/h3-10,20H,11-12H2,1-2H3. The molecular weight excluding hydrogens is 290 g/mol. The van der Waals surface area contributed by atoms with Crippen molar-refractivity contribution in [2.24, 2.45) is 0 Å². The molecule has 1 N–H and O–H groups in total. The van der Waals surface area contributed by atoms with Crippen LogP contribution in [0.4, 0.5) is 0 Å². The van der Waals surface area contributed by atoms with Gasteiger partial charge in [-0.15, -0.1) is 0 Å². The van der Waals surface area contributed by atoms with E-state index in [2.05, 4.69) is 4.98 Å². The quantitative estimate of drug-likeness (QED) is 0.730. The highest BCUT2D eigenvalue weighted by molar-refractivity contribution is 5.89. The lowest BCUT2D eigenvalue weighted by molar-refractivity contribution is -0.139. The van der Waals surface area contributed by atoms with Gasteiger partial charge in [0.05, 0.1) is 13.5 Å². The molecule has 1 aromatic heterocycles. The van der Waals surface area contributed by atoms with Crippen molar-refractivity contribution >= 4 is 16.9 Å². The molecule has 4 nitrogen and oxygen atoms in total. The summed E-state index contributed by atoms with van der Waals surface area (Å²) in [4.78, 5) is 14.9. The lowest BCUT2D eigenvalue weighted by Crippen LogP contribution is -2.05. The minimum atomic E-state index is -0.246. The first-order valence-electron chi connectivity index (χ1n) is 7.52. The van der Waals surface area contributed by atoms with E-state index in [1.54, 1.807) is 0 Å². The Labute approximate surface area is 135 Å². The van der Waals surface area contributed by atoms with Gasteiger partial charge in [-0.1, -0.05) is 30.3 Å². The Morgan fingerprint density at radius 3 is 2.65 bits per heavy atom. The van der Waals surface area contributed by atoms with Crippen LogP contribution >= 0.6 is 0 Å². The first-order chi connectivity index (χ1) is 11.2. The summed E-state index contributed by atoms with van der Waals surface area (Å²) in [6.07, 6.45) is 0.254. The summed E-state index contributed by atoms with van der Waals surface area (Å²) in [5, 5.41) is 0.999. The first kappa shape index (κ1) is 15.2. The molecule has 0 unspecified atom stereocenters. The normalized spacial score (nSPS) is 10.7. The second-order valence-electron chi connectivity index (χ2n) is 5.46. The average molecular weight is 309 g/mol. The molecule has 0 radical (unpaired) electrons. The number of rotatable bonds is 5. The number of hydrogen-bond acceptors (Lipinski definition) is 3. The predicted octanol–water partition coefficient (Wildman–Crippen LogP) is 3.77. The highest BCUT2D eigenvalue weighted by Gasteiger charge is 2.13. The molecule has 0 atom stereocenters. The Morgan fingerprint density at radius 1 is 1.13 bits per heavy atom. The summed E-state index contributed by atoms with van der Waals surface area (Å²) >= 11 is 0. The number of aromatic nitrogens is 1. The van der Waals surface area contributed by atoms with Crippen molar-refractivity contribution in [2.45, 2.75) is 20.0 Å². The van der Waals surface area contributed by atoms with Crippen molar-refractivity contribution in [3.8, 4) is 5.75 Å². The van der Waals surface area contributed by atoms with E-state index >= 15 is 0 Å². The number of aromatic amines is 1. The van der Waals surface area contributed by atoms with Crippen LogP contribution in [0.2, 0.25) is 0 Å². The molecule has 0 saturated heterocycles. The van der Waals surface area contributed by atoms with Crippen LogP contribution in [-0.4, -0.2) is 18.1 Å². The van der Waals surface area contributed by atoms with Crippen molar-refractivity contribution in [2.75, 3.05) is 7.11 Å². The topological polar surface area (TPSA) is 51.3 Å². The molecule has 0 aliphatic carbocycles. The molecule has 1 heterocycles. The fourth-order valence-corrected chi connectivity index (χ4v) is 2.64. The Morgan fingerprint density at radius 2 is 1.91 bits per heavy atom. The molecule has 0 fully saturated rings. The molecule has 3 aromatic rings. The van der Waals surface area contributed by atoms with Crippen molar-refractivity contribution in [1.29, 1.82) is 0 Å². The maximum Gasteiger partial charge on any atom is 0.310 e. The number of H-pyrrole nitrogens is 1. The van der Waals surface area contributed by atoms with E-state index in [9.17, 15) is 4.79 Å². The lowest BCUT2D eigenvalue weighted by atomic mass is 10.1. The van der Waals surface area contributed by atoms with Crippen molar-refractivity contribution in [1.82, 2.24) is 4.98 Å². The molecule has 4 heteroatoms. The van der Waals surface area contributed by atoms with Gasteiger partial charge >= 0.3 is 5.97 Å². The van der Waals surface area contributed by atoms with E-state index in [1.807, 2.05) is 55.5 Å². The van der Waals surface area contributed by atoms with Crippen molar-refractivity contribution in [3.05, 3.63) is 65.4 Å². The zero-order chi connectivity index (χ0) is 16.2. The Balaban J connectivity index is 1.85. The third kappa shape index (κ3) is 3.37. The van der Waals surface area contributed by atoms with E-state index in [1.165, 1.54) is 7.11 Å². The van der Waals surface area contributed by atoms with E-state index in [0.29, 0.717) is 6.61 Å². The van der Waals surface area contributed by atoms with E-state index in [-0.39, 0.29) is 12.4 Å². The molecule has 0 spiro atoms. The van der Waals surface area contributed by atoms with Gasteiger partial charge in [0.25, 0.3) is 0 Å². The highest BCUT2D eigenvalue weighted by Crippen LogP contribution is 2.27. The summed E-state index contributed by atoms with van der Waals surface area (Å²) in [6, 6.07) is 15.9. The largest absolute Gasteiger partial charge is 0.489 e. The van der Waals surface area contributed by atoms with Crippen LogP contribution in [0.3, 0.4) is 0 Å². The summed E-state index contributed by atoms with van der Waals surface area (Å²) in [5.74, 6) is 0.538. The second kappa shape index (κ2) is 6.57. The zero-order valence-corrected chi connectivity index (χ0v) is 13.3. The van der Waals surface area contributed by atoms with Crippen LogP contribution < -0.4 is 4.74 Å². The van der Waals surface area contributed by atoms with Crippen molar-refractivity contribution in [3.63, 3.8) is 0 Å². The molecule has 0 saturated carbocycles. The number of ether oxygens (including phenoxy) is 2. The Hall–Kier alpha value is -2.75. The number of nitrogens with one attached hydrogen (secondary N) is 1. The summed E-state index contributed by atoms with van der Waals surface area (Å²) in [7, 11) is 1.40. The van der Waals surface area contributed by atoms with Gasteiger partial charge in [0.2, 0.25) is 0 Å². The van der Waals surface area contributed by atoms with E-state index in [4.69, 9.17) is 9.47 Å². The number of benzene rings is 2. The third-order valence-corrected chi connectivity index (χ3v) is 3.89. The van der Waals surface area contributed by atoms with Crippen LogP contribution in [-0.2, 0) is 22.6 Å². The third-order valence-electron chi connectivity index (χ3n) is 3.89. The van der Waals surface area contributed by atoms with Gasteiger partial charge in [0.15, 0.2) is 0 Å². The zero-order valence-electron chi connectivity index (χ0n) is 13.3. The number of fused-ring (bicyclic) bond motifs is 1. The molecule has 118 valence electrons. The molecule has 0 aliphatic rings. The number of esters is 1. The highest BCUT2D eigenvalue weighted by atomic mass is 16.5. The van der Waals surface area contributed by atoms with Crippen LogP contribution in [0.5, 0.6) is 5.75 Å². The second-order valence-corrected chi connectivity index (χ2v) is 5.46. The number of aryl methyl sites for hydroxylation is 1. The van der Waals surface area contributed by atoms with Crippen LogP contribution in [0.1, 0.15) is 16.8 Å². The monoisotopic (exact) mass is 309 g/mol. The maximum atomic E-state index is 11.6. The first-order valence-corrected chi connectivity index (χ1v) is 7.52.